The molecule has 0 aromatic carbocycles. The fourth-order valence-electron chi connectivity index (χ4n) is 2.84. The zero-order valence-corrected chi connectivity index (χ0v) is 17.6. The van der Waals surface area contributed by atoms with Gasteiger partial charge in [0.1, 0.15) is 0 Å². The first-order valence-corrected chi connectivity index (χ1v) is 9.66. The number of thiazole rings is 2. The van der Waals surface area contributed by atoms with E-state index < -0.39 is 0 Å². The lowest BCUT2D eigenvalue weighted by molar-refractivity contribution is -0.131. The van der Waals surface area contributed by atoms with Gasteiger partial charge in [-0.15, -0.1) is 47.5 Å². The van der Waals surface area contributed by atoms with Crippen LogP contribution in [0.3, 0.4) is 0 Å². The summed E-state index contributed by atoms with van der Waals surface area (Å²) in [4.78, 5) is 24.7. The van der Waals surface area contributed by atoms with Gasteiger partial charge in [0.25, 0.3) is 0 Å². The highest BCUT2D eigenvalue weighted by molar-refractivity contribution is 7.09. The number of hydrogen-bond donors (Lipinski definition) is 1. The van der Waals surface area contributed by atoms with Crippen LogP contribution in [0.2, 0.25) is 0 Å². The van der Waals surface area contributed by atoms with Crippen LogP contribution in [0.1, 0.15) is 27.7 Å². The Bertz CT molecular complexity index is 671. The van der Waals surface area contributed by atoms with Gasteiger partial charge < -0.3 is 10.2 Å². The average molecular weight is 423 g/mol. The SMILES string of the molecule is Cc1nc(CC(=O)N(Cc2scnc2C)CC2CCNC2)cs1.Cl.Cl. The van der Waals surface area contributed by atoms with Crippen molar-refractivity contribution in [1.29, 1.82) is 0 Å². The molecule has 3 rings (SSSR count). The van der Waals surface area contributed by atoms with Crippen molar-refractivity contribution >= 4 is 53.4 Å². The Kier molecular flexibility index (Phi) is 9.30. The van der Waals surface area contributed by atoms with Gasteiger partial charge in [0, 0.05) is 16.8 Å². The molecular formula is C16H24Cl2N4OS2. The molecule has 2 aromatic heterocycles. The van der Waals surface area contributed by atoms with Gasteiger partial charge in [-0.2, -0.15) is 0 Å². The molecular weight excluding hydrogens is 399 g/mol. The standard InChI is InChI=1S/C16H22N4OS2.2ClH/c1-11-15(23-10-18-11)8-20(7-13-3-4-17-6-13)16(21)5-14-9-22-12(2)19-14;;/h9-10,13,17H,3-8H2,1-2H3;2*1H. The van der Waals surface area contributed by atoms with Gasteiger partial charge in [0.05, 0.1) is 34.9 Å². The van der Waals surface area contributed by atoms with Gasteiger partial charge in [-0.1, -0.05) is 0 Å². The van der Waals surface area contributed by atoms with Crippen LogP contribution in [0.5, 0.6) is 0 Å². The van der Waals surface area contributed by atoms with E-state index in [9.17, 15) is 4.79 Å². The molecule has 1 N–H and O–H groups in total. The molecule has 1 aliphatic heterocycles. The van der Waals surface area contributed by atoms with Gasteiger partial charge in [0.2, 0.25) is 5.91 Å². The largest absolute Gasteiger partial charge is 0.337 e. The molecule has 5 nitrogen and oxygen atoms in total. The molecule has 25 heavy (non-hydrogen) atoms. The van der Waals surface area contributed by atoms with Crippen LogP contribution in [0, 0.1) is 19.8 Å². The number of rotatable bonds is 6. The van der Waals surface area contributed by atoms with E-state index in [1.807, 2.05) is 29.6 Å². The molecule has 1 atom stereocenters. The second-order valence-corrected chi connectivity index (χ2v) is 8.03. The predicted octanol–water partition coefficient (Wildman–Crippen LogP) is 3.24. The van der Waals surface area contributed by atoms with E-state index >= 15 is 0 Å². The van der Waals surface area contributed by atoms with E-state index in [1.165, 1.54) is 4.88 Å². The van der Waals surface area contributed by atoms with E-state index in [2.05, 4.69) is 15.3 Å². The summed E-state index contributed by atoms with van der Waals surface area (Å²) in [5.74, 6) is 0.708. The van der Waals surface area contributed by atoms with Crippen LogP contribution in [-0.2, 0) is 17.8 Å². The Morgan fingerprint density at radius 2 is 2.16 bits per heavy atom. The lowest BCUT2D eigenvalue weighted by atomic mass is 10.1. The van der Waals surface area contributed by atoms with Crippen molar-refractivity contribution in [1.82, 2.24) is 20.2 Å². The molecule has 2 aromatic rings. The first-order chi connectivity index (χ1) is 11.1. The van der Waals surface area contributed by atoms with Crippen molar-refractivity contribution in [3.05, 3.63) is 32.2 Å². The Labute approximate surface area is 169 Å². The Balaban J connectivity index is 0.00000156. The number of aromatic nitrogens is 2. The van der Waals surface area contributed by atoms with Gasteiger partial charge in [-0.3, -0.25) is 4.79 Å². The smallest absolute Gasteiger partial charge is 0.228 e. The Hall–Kier alpha value is -0.730. The highest BCUT2D eigenvalue weighted by Gasteiger charge is 2.23. The predicted molar refractivity (Wildman–Crippen MR) is 108 cm³/mol. The summed E-state index contributed by atoms with van der Waals surface area (Å²) in [6, 6.07) is 0. The van der Waals surface area contributed by atoms with Crippen LogP contribution in [-0.4, -0.2) is 40.4 Å². The maximum atomic E-state index is 12.8. The lowest BCUT2D eigenvalue weighted by Gasteiger charge is -2.25. The number of nitrogens with one attached hydrogen (secondary N) is 1. The molecule has 1 unspecified atom stereocenters. The van der Waals surface area contributed by atoms with Crippen molar-refractivity contribution in [2.45, 2.75) is 33.2 Å². The minimum Gasteiger partial charge on any atom is -0.337 e. The fraction of sp³-hybridized carbons (Fsp3) is 0.562. The fourth-order valence-corrected chi connectivity index (χ4v) is 4.25. The number of nitrogens with zero attached hydrogens (tertiary/aromatic N) is 3. The summed E-state index contributed by atoms with van der Waals surface area (Å²) < 4.78 is 0. The van der Waals surface area contributed by atoms with Gasteiger partial charge in [-0.25, -0.2) is 9.97 Å². The number of carbonyl (C=O) groups excluding carboxylic acids is 1. The molecule has 1 saturated heterocycles. The normalized spacial score (nSPS) is 16.2. The monoisotopic (exact) mass is 422 g/mol. The van der Waals surface area contributed by atoms with E-state index in [0.717, 1.165) is 42.5 Å². The average Bonchev–Trinajstić information content (AvgIpc) is 3.23. The van der Waals surface area contributed by atoms with Crippen LogP contribution in [0.25, 0.3) is 0 Å². The first kappa shape index (κ1) is 22.3. The van der Waals surface area contributed by atoms with Crippen LogP contribution >= 0.6 is 47.5 Å². The third-order valence-corrected chi connectivity index (χ3v) is 5.91. The number of carbonyl (C=O) groups is 1. The molecule has 0 bridgehead atoms. The van der Waals surface area contributed by atoms with Crippen molar-refractivity contribution in [3.8, 4) is 0 Å². The summed E-state index contributed by atoms with van der Waals surface area (Å²) in [5, 5.41) is 6.38. The highest BCUT2D eigenvalue weighted by Crippen LogP contribution is 2.19. The number of amides is 1. The third-order valence-electron chi connectivity index (χ3n) is 4.17. The van der Waals surface area contributed by atoms with Crippen molar-refractivity contribution in [3.63, 3.8) is 0 Å². The van der Waals surface area contributed by atoms with Crippen LogP contribution in [0.15, 0.2) is 10.9 Å². The summed E-state index contributed by atoms with van der Waals surface area (Å²) in [7, 11) is 0. The molecule has 1 fully saturated rings. The molecule has 1 amide bonds. The zero-order valence-electron chi connectivity index (χ0n) is 14.4. The third kappa shape index (κ3) is 6.18. The molecule has 9 heteroatoms. The second-order valence-electron chi connectivity index (χ2n) is 6.03. The Morgan fingerprint density at radius 1 is 1.36 bits per heavy atom. The first-order valence-electron chi connectivity index (χ1n) is 7.90. The maximum Gasteiger partial charge on any atom is 0.228 e. The summed E-state index contributed by atoms with van der Waals surface area (Å²) in [6.07, 6.45) is 1.53. The van der Waals surface area contributed by atoms with Gasteiger partial charge in [-0.05, 0) is 39.3 Å². The highest BCUT2D eigenvalue weighted by atomic mass is 35.5. The minimum atomic E-state index is 0. The summed E-state index contributed by atoms with van der Waals surface area (Å²) in [5.41, 5.74) is 3.77. The quantitative estimate of drug-likeness (QED) is 0.775. The molecule has 0 spiro atoms. The van der Waals surface area contributed by atoms with Crippen LogP contribution < -0.4 is 5.32 Å². The maximum absolute atomic E-state index is 12.8. The zero-order chi connectivity index (χ0) is 16.2. The van der Waals surface area contributed by atoms with E-state index in [-0.39, 0.29) is 30.7 Å². The molecule has 1 aliphatic rings. The van der Waals surface area contributed by atoms with Crippen molar-refractivity contribution in [2.75, 3.05) is 19.6 Å². The number of halogens is 2. The topological polar surface area (TPSA) is 58.1 Å². The van der Waals surface area contributed by atoms with E-state index in [1.54, 1.807) is 22.7 Å². The lowest BCUT2D eigenvalue weighted by Crippen LogP contribution is -2.36. The van der Waals surface area contributed by atoms with Crippen molar-refractivity contribution < 1.29 is 4.79 Å². The van der Waals surface area contributed by atoms with Crippen LogP contribution in [0.4, 0.5) is 0 Å². The molecule has 140 valence electrons. The Morgan fingerprint density at radius 3 is 2.72 bits per heavy atom. The molecule has 0 aliphatic carbocycles. The molecule has 0 radical (unpaired) electrons. The summed E-state index contributed by atoms with van der Waals surface area (Å²) >= 11 is 3.23. The summed E-state index contributed by atoms with van der Waals surface area (Å²) in [6.45, 7) is 7.51. The number of hydrogen-bond acceptors (Lipinski definition) is 6. The molecule has 0 saturated carbocycles. The van der Waals surface area contributed by atoms with E-state index in [0.29, 0.717) is 18.9 Å². The van der Waals surface area contributed by atoms with Gasteiger partial charge >= 0.3 is 0 Å². The second kappa shape index (κ2) is 10.4. The molecule has 3 heterocycles. The van der Waals surface area contributed by atoms with E-state index in [4.69, 9.17) is 0 Å². The minimum absolute atomic E-state index is 0. The van der Waals surface area contributed by atoms with Gasteiger partial charge in [0.15, 0.2) is 0 Å². The number of aryl methyl sites for hydroxylation is 2. The van der Waals surface area contributed by atoms with Crippen molar-refractivity contribution in [2.24, 2.45) is 5.92 Å².